The van der Waals surface area contributed by atoms with Crippen molar-refractivity contribution >= 4 is 23.2 Å². The summed E-state index contributed by atoms with van der Waals surface area (Å²) < 4.78 is 14.7. The number of para-hydroxylation sites is 2. The largest absolute Gasteiger partial charge is 0.309 e. The molecule has 0 N–H and O–H groups in total. The molecule has 4 nitrogen and oxygen atoms in total. The summed E-state index contributed by atoms with van der Waals surface area (Å²) in [4.78, 5) is 30.5. The van der Waals surface area contributed by atoms with Gasteiger partial charge in [-0.2, -0.15) is 0 Å². The molecule has 0 fully saturated rings. The SMILES string of the molecule is CCCCCC(=O)N1c2ccccc2[C@@H](N(C(=O)c2ccccc2F)c2ccccc2)C[C@@H]1C. The maximum atomic E-state index is 14.7. The molecule has 0 radical (unpaired) electrons. The van der Waals surface area contributed by atoms with Crippen LogP contribution in [0.25, 0.3) is 0 Å². The minimum Gasteiger partial charge on any atom is -0.309 e. The molecule has 0 unspecified atom stereocenters. The van der Waals surface area contributed by atoms with Gasteiger partial charge in [0.2, 0.25) is 5.91 Å². The number of carbonyl (C=O) groups is 2. The maximum absolute atomic E-state index is 14.7. The van der Waals surface area contributed by atoms with Crippen LogP contribution in [0.2, 0.25) is 0 Å². The molecule has 176 valence electrons. The molecular weight excluding hydrogens is 427 g/mol. The van der Waals surface area contributed by atoms with Crippen LogP contribution in [0.1, 0.15) is 67.9 Å². The standard InChI is InChI=1S/C29H31FN2O2/c1-3-4-6-19-28(33)31-21(2)20-27(24-16-10-12-18-26(24)31)32(22-13-7-5-8-14-22)29(34)23-15-9-11-17-25(23)30/h5,7-18,21,27H,3-4,6,19-20H2,1-2H3/t21-,27-/m0/s1. The van der Waals surface area contributed by atoms with Gasteiger partial charge in [0.1, 0.15) is 5.82 Å². The van der Waals surface area contributed by atoms with E-state index in [1.807, 2.05) is 66.4 Å². The molecule has 0 aromatic heterocycles. The summed E-state index contributed by atoms with van der Waals surface area (Å²) in [6.45, 7) is 4.15. The van der Waals surface area contributed by atoms with Gasteiger partial charge in [-0.15, -0.1) is 0 Å². The van der Waals surface area contributed by atoms with Crippen molar-refractivity contribution in [2.75, 3.05) is 9.80 Å². The fourth-order valence-electron chi connectivity index (χ4n) is 4.84. The number of carbonyl (C=O) groups excluding carboxylic acids is 2. The van der Waals surface area contributed by atoms with Crippen molar-refractivity contribution in [3.05, 3.63) is 95.8 Å². The van der Waals surface area contributed by atoms with Crippen molar-refractivity contribution in [3.8, 4) is 0 Å². The number of nitrogens with zero attached hydrogens (tertiary/aromatic N) is 2. The van der Waals surface area contributed by atoms with Gasteiger partial charge in [0.05, 0.1) is 11.6 Å². The second-order valence-electron chi connectivity index (χ2n) is 8.87. The Morgan fingerprint density at radius 1 is 0.941 bits per heavy atom. The Hall–Kier alpha value is -3.47. The molecule has 0 aliphatic carbocycles. The second-order valence-corrected chi connectivity index (χ2v) is 8.87. The third kappa shape index (κ3) is 4.74. The van der Waals surface area contributed by atoms with Gasteiger partial charge in [0.15, 0.2) is 0 Å². The number of hydrogen-bond acceptors (Lipinski definition) is 2. The van der Waals surface area contributed by atoms with Crippen LogP contribution in [-0.4, -0.2) is 17.9 Å². The van der Waals surface area contributed by atoms with Gasteiger partial charge < -0.3 is 9.80 Å². The Balaban J connectivity index is 1.77. The predicted octanol–water partition coefficient (Wildman–Crippen LogP) is 6.92. The van der Waals surface area contributed by atoms with Crippen LogP contribution in [0.3, 0.4) is 0 Å². The number of rotatable bonds is 7. The van der Waals surface area contributed by atoms with Crippen molar-refractivity contribution in [1.82, 2.24) is 0 Å². The quantitative estimate of drug-likeness (QED) is 0.361. The van der Waals surface area contributed by atoms with E-state index in [0.29, 0.717) is 18.5 Å². The highest BCUT2D eigenvalue weighted by Gasteiger charge is 2.39. The van der Waals surface area contributed by atoms with E-state index < -0.39 is 5.82 Å². The van der Waals surface area contributed by atoms with Crippen molar-refractivity contribution < 1.29 is 14.0 Å². The molecule has 1 aliphatic rings. The Morgan fingerprint density at radius 3 is 2.35 bits per heavy atom. The predicted molar refractivity (Wildman–Crippen MR) is 135 cm³/mol. The average Bonchev–Trinajstić information content (AvgIpc) is 2.85. The first-order chi connectivity index (χ1) is 16.5. The Bertz CT molecular complexity index is 1150. The van der Waals surface area contributed by atoms with Gasteiger partial charge in [-0.3, -0.25) is 9.59 Å². The summed E-state index contributed by atoms with van der Waals surface area (Å²) in [5.74, 6) is -0.823. The number of benzene rings is 3. The zero-order valence-corrected chi connectivity index (χ0v) is 19.8. The Morgan fingerprint density at radius 2 is 1.62 bits per heavy atom. The van der Waals surface area contributed by atoms with E-state index in [0.717, 1.165) is 30.5 Å². The van der Waals surface area contributed by atoms with E-state index in [1.54, 1.807) is 17.0 Å². The lowest BCUT2D eigenvalue weighted by atomic mass is 9.89. The minimum absolute atomic E-state index is 0.0366. The van der Waals surface area contributed by atoms with Crippen LogP contribution in [0.15, 0.2) is 78.9 Å². The van der Waals surface area contributed by atoms with Crippen LogP contribution >= 0.6 is 0 Å². The normalized spacial score (nSPS) is 17.2. The number of amides is 2. The molecule has 3 aromatic carbocycles. The summed E-state index contributed by atoms with van der Waals surface area (Å²) in [6.07, 6.45) is 4.02. The second kappa shape index (κ2) is 10.6. The molecular formula is C29H31FN2O2. The molecule has 2 atom stereocenters. The average molecular weight is 459 g/mol. The van der Waals surface area contributed by atoms with Gasteiger partial charge in [-0.05, 0) is 55.7 Å². The highest BCUT2D eigenvalue weighted by atomic mass is 19.1. The summed E-state index contributed by atoms with van der Waals surface area (Å²) >= 11 is 0. The molecule has 0 bridgehead atoms. The monoisotopic (exact) mass is 458 g/mol. The van der Waals surface area contributed by atoms with Gasteiger partial charge in [-0.25, -0.2) is 4.39 Å². The molecule has 1 aliphatic heterocycles. The van der Waals surface area contributed by atoms with Crippen LogP contribution < -0.4 is 9.80 Å². The Kier molecular flexibility index (Phi) is 7.41. The summed E-state index contributed by atoms with van der Waals surface area (Å²) in [7, 11) is 0. The summed E-state index contributed by atoms with van der Waals surface area (Å²) in [5, 5.41) is 0. The van der Waals surface area contributed by atoms with E-state index in [4.69, 9.17) is 0 Å². The summed E-state index contributed by atoms with van der Waals surface area (Å²) in [5.41, 5.74) is 2.47. The van der Waals surface area contributed by atoms with Crippen molar-refractivity contribution in [3.63, 3.8) is 0 Å². The lowest BCUT2D eigenvalue weighted by Gasteiger charge is -2.43. The highest BCUT2D eigenvalue weighted by Crippen LogP contribution is 2.43. The molecule has 1 heterocycles. The number of fused-ring (bicyclic) bond motifs is 1. The third-order valence-electron chi connectivity index (χ3n) is 6.49. The fraction of sp³-hybridized carbons (Fsp3) is 0.310. The number of halogens is 1. The van der Waals surface area contributed by atoms with E-state index in [2.05, 4.69) is 6.92 Å². The first-order valence-corrected chi connectivity index (χ1v) is 12.1. The van der Waals surface area contributed by atoms with Crippen LogP contribution in [0, 0.1) is 5.82 Å². The number of anilines is 2. The molecule has 34 heavy (non-hydrogen) atoms. The highest BCUT2D eigenvalue weighted by molar-refractivity contribution is 6.07. The van der Waals surface area contributed by atoms with Gasteiger partial charge in [0, 0.05) is 23.8 Å². The lowest BCUT2D eigenvalue weighted by Crippen LogP contribution is -2.47. The number of hydrogen-bond donors (Lipinski definition) is 0. The first kappa shape index (κ1) is 23.7. The smallest absolute Gasteiger partial charge is 0.261 e. The van der Waals surface area contributed by atoms with Crippen LogP contribution in [-0.2, 0) is 4.79 Å². The van der Waals surface area contributed by atoms with Crippen LogP contribution in [0.4, 0.5) is 15.8 Å². The zero-order valence-electron chi connectivity index (χ0n) is 19.8. The lowest BCUT2D eigenvalue weighted by molar-refractivity contribution is -0.119. The van der Waals surface area contributed by atoms with Gasteiger partial charge in [0.25, 0.3) is 5.91 Å². The maximum Gasteiger partial charge on any atom is 0.261 e. The Labute approximate surface area is 201 Å². The third-order valence-corrected chi connectivity index (χ3v) is 6.49. The number of unbranched alkanes of at least 4 members (excludes halogenated alkanes) is 2. The van der Waals surface area contributed by atoms with Gasteiger partial charge in [-0.1, -0.05) is 68.3 Å². The molecule has 2 amide bonds. The topological polar surface area (TPSA) is 40.6 Å². The van der Waals surface area contributed by atoms with E-state index in [1.165, 1.54) is 12.1 Å². The van der Waals surface area contributed by atoms with Crippen molar-refractivity contribution in [1.29, 1.82) is 0 Å². The minimum atomic E-state index is -0.543. The fourth-order valence-corrected chi connectivity index (χ4v) is 4.84. The van der Waals surface area contributed by atoms with Crippen molar-refractivity contribution in [2.24, 2.45) is 0 Å². The first-order valence-electron chi connectivity index (χ1n) is 12.1. The van der Waals surface area contributed by atoms with Gasteiger partial charge >= 0.3 is 0 Å². The molecule has 0 saturated heterocycles. The van der Waals surface area contributed by atoms with Crippen molar-refractivity contribution in [2.45, 2.75) is 58.0 Å². The summed E-state index contributed by atoms with van der Waals surface area (Å²) in [6, 6.07) is 22.8. The van der Waals surface area contributed by atoms with E-state index >= 15 is 0 Å². The molecule has 0 spiro atoms. The molecule has 0 saturated carbocycles. The van der Waals surface area contributed by atoms with E-state index in [-0.39, 0.29) is 29.5 Å². The molecule has 4 rings (SSSR count). The molecule has 3 aromatic rings. The molecule has 5 heteroatoms. The zero-order chi connectivity index (χ0) is 24.1. The van der Waals surface area contributed by atoms with E-state index in [9.17, 15) is 14.0 Å². The van der Waals surface area contributed by atoms with Crippen LogP contribution in [0.5, 0.6) is 0 Å².